The molecule has 0 bridgehead atoms. The molecule has 0 aliphatic heterocycles. The lowest BCUT2D eigenvalue weighted by molar-refractivity contribution is 0.0838. The minimum Gasteiger partial charge on any atom is -0.264 e. The molecule has 1 N–H and O–H groups in total. The van der Waals surface area contributed by atoms with Gasteiger partial charge in [0.1, 0.15) is 0 Å². The quantitative estimate of drug-likeness (QED) is 0.748. The zero-order valence-corrected chi connectivity index (χ0v) is 10.4. The van der Waals surface area contributed by atoms with Crippen LogP contribution in [0.4, 0.5) is 0 Å². The first-order valence-electron chi connectivity index (χ1n) is 5.34. The van der Waals surface area contributed by atoms with Gasteiger partial charge in [0.15, 0.2) is 0 Å². The van der Waals surface area contributed by atoms with Gasteiger partial charge >= 0.3 is 10.4 Å². The molecule has 0 radical (unpaired) electrons. The second-order valence-corrected chi connectivity index (χ2v) is 6.41. The lowest BCUT2D eigenvalue weighted by Crippen LogP contribution is -2.30. The van der Waals surface area contributed by atoms with Gasteiger partial charge < -0.3 is 0 Å². The second kappa shape index (κ2) is 4.39. The summed E-state index contributed by atoms with van der Waals surface area (Å²) >= 11 is 0. The summed E-state index contributed by atoms with van der Waals surface area (Å²) in [5.74, 6) is 0.610. The molecule has 1 saturated carbocycles. The third-order valence-corrected chi connectivity index (χ3v) is 3.67. The highest BCUT2D eigenvalue weighted by Gasteiger charge is 2.31. The van der Waals surface area contributed by atoms with E-state index in [4.69, 9.17) is 4.55 Å². The van der Waals surface area contributed by atoms with Crippen molar-refractivity contribution in [1.29, 1.82) is 0 Å². The second-order valence-electron chi connectivity index (χ2n) is 5.36. The molecule has 0 atom stereocenters. The van der Waals surface area contributed by atoms with Crippen molar-refractivity contribution in [3.63, 3.8) is 0 Å². The van der Waals surface area contributed by atoms with Crippen LogP contribution in [0.15, 0.2) is 0 Å². The predicted octanol–water partition coefficient (Wildman–Crippen LogP) is 2.41. The molecule has 0 saturated heterocycles. The Morgan fingerprint density at radius 2 is 1.60 bits per heavy atom. The Kier molecular flexibility index (Phi) is 3.79. The minimum atomic E-state index is -4.28. The fourth-order valence-electron chi connectivity index (χ4n) is 2.20. The van der Waals surface area contributed by atoms with Gasteiger partial charge in [0.2, 0.25) is 0 Å². The van der Waals surface area contributed by atoms with Gasteiger partial charge in [0.25, 0.3) is 0 Å². The van der Waals surface area contributed by atoms with Crippen molar-refractivity contribution < 1.29 is 17.2 Å². The molecule has 15 heavy (non-hydrogen) atoms. The van der Waals surface area contributed by atoms with Crippen LogP contribution in [0.3, 0.4) is 0 Å². The van der Waals surface area contributed by atoms with E-state index in [9.17, 15) is 8.42 Å². The molecule has 0 aromatic heterocycles. The molecule has 0 aromatic rings. The Labute approximate surface area is 92.0 Å². The van der Waals surface area contributed by atoms with Crippen LogP contribution in [0.2, 0.25) is 0 Å². The van der Waals surface area contributed by atoms with Gasteiger partial charge in [-0.25, -0.2) is 4.18 Å². The van der Waals surface area contributed by atoms with Crippen LogP contribution in [0.5, 0.6) is 0 Å². The molecule has 5 heteroatoms. The zero-order valence-electron chi connectivity index (χ0n) is 9.56. The van der Waals surface area contributed by atoms with E-state index in [2.05, 4.69) is 25.0 Å². The van der Waals surface area contributed by atoms with E-state index in [1.54, 1.807) is 0 Å². The highest BCUT2D eigenvalue weighted by molar-refractivity contribution is 7.80. The third-order valence-electron chi connectivity index (χ3n) is 3.16. The van der Waals surface area contributed by atoms with E-state index < -0.39 is 10.4 Å². The maximum atomic E-state index is 10.5. The van der Waals surface area contributed by atoms with E-state index in [0.29, 0.717) is 18.8 Å². The number of hydrogen-bond donors (Lipinski definition) is 1. The lowest BCUT2D eigenvalue weighted by Gasteiger charge is -2.36. The molecule has 1 aliphatic carbocycles. The SMILES string of the molecule is CC(C)(C)C1CCC(OS(=O)(=O)O)CC1. The molecule has 0 aromatic carbocycles. The van der Waals surface area contributed by atoms with Crippen molar-refractivity contribution in [2.45, 2.75) is 52.6 Å². The average molecular weight is 236 g/mol. The summed E-state index contributed by atoms with van der Waals surface area (Å²) in [6.07, 6.45) is 3.01. The highest BCUT2D eigenvalue weighted by Crippen LogP contribution is 2.38. The molecule has 1 aliphatic rings. The number of hydrogen-bond acceptors (Lipinski definition) is 3. The Hall–Kier alpha value is -0.130. The molecule has 0 heterocycles. The van der Waals surface area contributed by atoms with Crippen molar-refractivity contribution in [3.05, 3.63) is 0 Å². The third kappa shape index (κ3) is 4.49. The summed E-state index contributed by atoms with van der Waals surface area (Å²) in [5, 5.41) is 0. The van der Waals surface area contributed by atoms with Crippen molar-refractivity contribution in [2.24, 2.45) is 11.3 Å². The van der Waals surface area contributed by atoms with Crippen molar-refractivity contribution in [3.8, 4) is 0 Å². The van der Waals surface area contributed by atoms with Gasteiger partial charge in [0.05, 0.1) is 6.10 Å². The van der Waals surface area contributed by atoms with Crippen LogP contribution in [0.25, 0.3) is 0 Å². The molecular weight excluding hydrogens is 216 g/mol. The average Bonchev–Trinajstić information content (AvgIpc) is 2.00. The fourth-order valence-corrected chi connectivity index (χ4v) is 2.73. The molecule has 1 fully saturated rings. The number of rotatable bonds is 2. The normalized spacial score (nSPS) is 29.1. The van der Waals surface area contributed by atoms with Crippen LogP contribution in [0.1, 0.15) is 46.5 Å². The molecule has 1 rings (SSSR count). The maximum Gasteiger partial charge on any atom is 0.397 e. The van der Waals surface area contributed by atoms with Crippen molar-refractivity contribution in [2.75, 3.05) is 0 Å². The van der Waals surface area contributed by atoms with Gasteiger partial charge in [-0.1, -0.05) is 20.8 Å². The van der Waals surface area contributed by atoms with Gasteiger partial charge in [-0.3, -0.25) is 4.55 Å². The first-order valence-corrected chi connectivity index (χ1v) is 6.71. The zero-order chi connectivity index (χ0) is 11.7. The minimum absolute atomic E-state index is 0.267. The van der Waals surface area contributed by atoms with E-state index in [1.807, 2.05) is 0 Å². The van der Waals surface area contributed by atoms with E-state index in [-0.39, 0.29) is 11.5 Å². The maximum absolute atomic E-state index is 10.5. The van der Waals surface area contributed by atoms with Crippen molar-refractivity contribution in [1.82, 2.24) is 0 Å². The first-order chi connectivity index (χ1) is 6.68. The molecule has 0 unspecified atom stereocenters. The Balaban J connectivity index is 2.43. The van der Waals surface area contributed by atoms with Crippen LogP contribution in [-0.4, -0.2) is 19.1 Å². The molecule has 90 valence electrons. The van der Waals surface area contributed by atoms with Gasteiger partial charge in [-0.05, 0) is 37.0 Å². The molecule has 0 spiro atoms. The summed E-state index contributed by atoms with van der Waals surface area (Å²) in [4.78, 5) is 0. The summed E-state index contributed by atoms with van der Waals surface area (Å²) in [6.45, 7) is 6.59. The van der Waals surface area contributed by atoms with E-state index >= 15 is 0 Å². The summed E-state index contributed by atoms with van der Waals surface area (Å²) < 4.78 is 34.1. The van der Waals surface area contributed by atoms with Gasteiger partial charge in [0, 0.05) is 0 Å². The topological polar surface area (TPSA) is 63.6 Å². The Morgan fingerprint density at radius 1 is 1.13 bits per heavy atom. The lowest BCUT2D eigenvalue weighted by atomic mass is 9.72. The van der Waals surface area contributed by atoms with Crippen LogP contribution < -0.4 is 0 Å². The van der Waals surface area contributed by atoms with Crippen molar-refractivity contribution >= 4 is 10.4 Å². The van der Waals surface area contributed by atoms with Gasteiger partial charge in [-0.15, -0.1) is 0 Å². The van der Waals surface area contributed by atoms with Crippen LogP contribution in [0, 0.1) is 11.3 Å². The standard InChI is InChI=1S/C10H20O4S/c1-10(2,3)8-4-6-9(7-5-8)14-15(11,12)13/h8-9H,4-7H2,1-3H3,(H,11,12,13). The Bertz CT molecular complexity index is 294. The Morgan fingerprint density at radius 3 is 1.93 bits per heavy atom. The largest absolute Gasteiger partial charge is 0.397 e. The van der Waals surface area contributed by atoms with E-state index in [0.717, 1.165) is 12.8 Å². The predicted molar refractivity (Wildman–Crippen MR) is 57.8 cm³/mol. The first kappa shape index (κ1) is 12.9. The summed E-state index contributed by atoms with van der Waals surface area (Å²) in [5.41, 5.74) is 0.267. The van der Waals surface area contributed by atoms with Crippen LogP contribution in [-0.2, 0) is 14.6 Å². The molecule has 4 nitrogen and oxygen atoms in total. The highest BCUT2D eigenvalue weighted by atomic mass is 32.3. The summed E-state index contributed by atoms with van der Waals surface area (Å²) in [6, 6.07) is 0. The fraction of sp³-hybridized carbons (Fsp3) is 1.00. The molecule has 0 amide bonds. The summed E-state index contributed by atoms with van der Waals surface area (Å²) in [7, 11) is -4.28. The van der Waals surface area contributed by atoms with E-state index in [1.165, 1.54) is 0 Å². The smallest absolute Gasteiger partial charge is 0.264 e. The van der Waals surface area contributed by atoms with Crippen LogP contribution >= 0.6 is 0 Å². The molecular formula is C10H20O4S. The monoisotopic (exact) mass is 236 g/mol. The van der Waals surface area contributed by atoms with Gasteiger partial charge in [-0.2, -0.15) is 8.42 Å².